The first-order valence-corrected chi connectivity index (χ1v) is 9.46. The van der Waals surface area contributed by atoms with Crippen LogP contribution in [-0.2, 0) is 10.0 Å². The van der Waals surface area contributed by atoms with Crippen LogP contribution < -0.4 is 0 Å². The number of nitrogens with zero attached hydrogens (tertiary/aromatic N) is 1. The van der Waals surface area contributed by atoms with Crippen molar-refractivity contribution in [2.75, 3.05) is 6.54 Å². The van der Waals surface area contributed by atoms with Gasteiger partial charge < -0.3 is 0 Å². The molecule has 0 radical (unpaired) electrons. The lowest BCUT2D eigenvalue weighted by atomic mass is 9.81. The summed E-state index contributed by atoms with van der Waals surface area (Å²) in [7, 11) is -3.50. The molecule has 0 aromatic heterocycles. The van der Waals surface area contributed by atoms with Crippen LogP contribution in [0.2, 0.25) is 0 Å². The molecule has 0 spiro atoms. The van der Waals surface area contributed by atoms with Gasteiger partial charge in [0, 0.05) is 6.54 Å². The maximum atomic E-state index is 13.2. The molecule has 3 nitrogen and oxygen atoms in total. The van der Waals surface area contributed by atoms with Crippen LogP contribution >= 0.6 is 0 Å². The molecule has 0 bridgehead atoms. The van der Waals surface area contributed by atoms with Crippen molar-refractivity contribution in [3.63, 3.8) is 0 Å². The van der Waals surface area contributed by atoms with E-state index in [-0.39, 0.29) is 11.5 Å². The van der Waals surface area contributed by atoms with Gasteiger partial charge in [0.15, 0.2) is 0 Å². The van der Waals surface area contributed by atoms with Crippen molar-refractivity contribution in [3.05, 3.63) is 66.2 Å². The summed E-state index contributed by atoms with van der Waals surface area (Å²) in [4.78, 5) is 0.374. The largest absolute Gasteiger partial charge is 0.243 e. The molecule has 1 saturated heterocycles. The molecule has 23 heavy (non-hydrogen) atoms. The Labute approximate surface area is 139 Å². The second-order valence-corrected chi connectivity index (χ2v) is 8.88. The van der Waals surface area contributed by atoms with E-state index >= 15 is 0 Å². The number of hydrogen-bond donors (Lipinski definition) is 0. The fourth-order valence-corrected chi connectivity index (χ4v) is 5.12. The zero-order valence-electron chi connectivity index (χ0n) is 13.6. The Morgan fingerprint density at radius 2 is 1.52 bits per heavy atom. The first kappa shape index (κ1) is 16.2. The highest BCUT2D eigenvalue weighted by atomic mass is 32.2. The summed E-state index contributed by atoms with van der Waals surface area (Å²) in [6.07, 6.45) is 1.87. The molecule has 2 aromatic rings. The van der Waals surface area contributed by atoms with Crippen LogP contribution in [0.15, 0.2) is 65.6 Å². The molecule has 1 fully saturated rings. The van der Waals surface area contributed by atoms with Crippen molar-refractivity contribution >= 4 is 10.0 Å². The van der Waals surface area contributed by atoms with Crippen LogP contribution in [0.3, 0.4) is 0 Å². The molecular weight excluding hydrogens is 306 g/mol. The minimum absolute atomic E-state index is 0.00681. The van der Waals surface area contributed by atoms with E-state index < -0.39 is 10.0 Å². The molecule has 1 atom stereocenters. The smallest absolute Gasteiger partial charge is 0.207 e. The Kier molecular flexibility index (Phi) is 4.30. The van der Waals surface area contributed by atoms with Crippen LogP contribution in [0.5, 0.6) is 0 Å². The summed E-state index contributed by atoms with van der Waals surface area (Å²) in [5, 5.41) is 0. The topological polar surface area (TPSA) is 37.4 Å². The summed E-state index contributed by atoms with van der Waals surface area (Å²) < 4.78 is 28.1. The van der Waals surface area contributed by atoms with Gasteiger partial charge in [-0.2, -0.15) is 4.31 Å². The Morgan fingerprint density at radius 3 is 2.13 bits per heavy atom. The normalized spacial score (nSPS) is 21.9. The molecule has 122 valence electrons. The minimum atomic E-state index is -3.50. The highest BCUT2D eigenvalue weighted by molar-refractivity contribution is 7.89. The zero-order chi connectivity index (χ0) is 16.5. The minimum Gasteiger partial charge on any atom is -0.207 e. The molecule has 0 aliphatic carbocycles. The summed E-state index contributed by atoms with van der Waals surface area (Å²) in [5.41, 5.74) is 1.06. The van der Waals surface area contributed by atoms with Crippen molar-refractivity contribution in [2.24, 2.45) is 5.41 Å². The second-order valence-electron chi connectivity index (χ2n) is 6.99. The summed E-state index contributed by atoms with van der Waals surface area (Å²) in [6, 6.07) is 18.6. The van der Waals surface area contributed by atoms with E-state index in [2.05, 4.69) is 13.8 Å². The zero-order valence-corrected chi connectivity index (χ0v) is 14.5. The third-order valence-electron chi connectivity index (χ3n) is 4.56. The number of rotatable bonds is 3. The maximum absolute atomic E-state index is 13.2. The third-order valence-corrected chi connectivity index (χ3v) is 6.43. The van der Waals surface area contributed by atoms with Crippen molar-refractivity contribution in [1.29, 1.82) is 0 Å². The highest BCUT2D eigenvalue weighted by Crippen LogP contribution is 2.42. The molecule has 1 aliphatic rings. The third kappa shape index (κ3) is 3.33. The van der Waals surface area contributed by atoms with Gasteiger partial charge in [-0.3, -0.25) is 0 Å². The molecule has 4 heteroatoms. The van der Waals surface area contributed by atoms with Gasteiger partial charge in [0.2, 0.25) is 10.0 Å². The highest BCUT2D eigenvalue weighted by Gasteiger charge is 2.40. The van der Waals surface area contributed by atoms with Crippen LogP contribution in [-0.4, -0.2) is 19.3 Å². The van der Waals surface area contributed by atoms with Crippen LogP contribution in [0.4, 0.5) is 0 Å². The van der Waals surface area contributed by atoms with Crippen LogP contribution in [0.25, 0.3) is 0 Å². The van der Waals surface area contributed by atoms with Crippen LogP contribution in [0.1, 0.15) is 38.3 Å². The number of benzene rings is 2. The molecule has 1 aliphatic heterocycles. The lowest BCUT2D eigenvalue weighted by Crippen LogP contribution is -2.45. The number of piperidine rings is 1. The van der Waals surface area contributed by atoms with Gasteiger partial charge >= 0.3 is 0 Å². The predicted octanol–water partition coefficient (Wildman–Crippen LogP) is 4.24. The average molecular weight is 329 g/mol. The lowest BCUT2D eigenvalue weighted by molar-refractivity contribution is 0.135. The molecule has 0 N–H and O–H groups in total. The van der Waals surface area contributed by atoms with Gasteiger partial charge in [-0.05, 0) is 36.0 Å². The van der Waals surface area contributed by atoms with Crippen molar-refractivity contribution < 1.29 is 8.42 Å². The summed E-state index contributed by atoms with van der Waals surface area (Å²) >= 11 is 0. The Bertz CT molecular complexity index is 754. The standard InChI is InChI=1S/C19H23NO2S/c1-19(2)14-13-18(16-9-5-3-6-10-16)20(15-19)23(21,22)17-11-7-4-8-12-17/h3-12,18H,13-15H2,1-2H3. The average Bonchev–Trinajstić information content (AvgIpc) is 2.56. The van der Waals surface area contributed by atoms with E-state index in [0.717, 1.165) is 18.4 Å². The number of hydrogen-bond acceptors (Lipinski definition) is 2. The quantitative estimate of drug-likeness (QED) is 0.844. The monoisotopic (exact) mass is 329 g/mol. The summed E-state index contributed by atoms with van der Waals surface area (Å²) in [5.74, 6) is 0. The Morgan fingerprint density at radius 1 is 0.957 bits per heavy atom. The molecule has 1 heterocycles. The van der Waals surface area contributed by atoms with E-state index in [4.69, 9.17) is 0 Å². The van der Waals surface area contributed by atoms with E-state index in [1.165, 1.54) is 0 Å². The van der Waals surface area contributed by atoms with Crippen molar-refractivity contribution in [1.82, 2.24) is 4.31 Å². The number of sulfonamides is 1. The molecule has 3 rings (SSSR count). The fourth-order valence-electron chi connectivity index (χ4n) is 3.27. The first-order chi connectivity index (χ1) is 10.9. The Hall–Kier alpha value is -1.65. The van der Waals surface area contributed by atoms with Crippen LogP contribution in [0, 0.1) is 5.41 Å². The Balaban J connectivity index is 2.04. The van der Waals surface area contributed by atoms with E-state index in [9.17, 15) is 8.42 Å². The van der Waals surface area contributed by atoms with Crippen molar-refractivity contribution in [2.45, 2.75) is 37.6 Å². The first-order valence-electron chi connectivity index (χ1n) is 8.02. The van der Waals surface area contributed by atoms with E-state index in [0.29, 0.717) is 11.4 Å². The van der Waals surface area contributed by atoms with Gasteiger partial charge in [-0.1, -0.05) is 62.4 Å². The SMILES string of the molecule is CC1(C)CCC(c2ccccc2)N(S(=O)(=O)c2ccccc2)C1. The van der Waals surface area contributed by atoms with Gasteiger partial charge in [0.05, 0.1) is 10.9 Å². The maximum Gasteiger partial charge on any atom is 0.243 e. The summed E-state index contributed by atoms with van der Waals surface area (Å²) in [6.45, 7) is 4.83. The van der Waals surface area contributed by atoms with Crippen molar-refractivity contribution in [3.8, 4) is 0 Å². The fraction of sp³-hybridized carbons (Fsp3) is 0.368. The van der Waals surface area contributed by atoms with Gasteiger partial charge in [-0.25, -0.2) is 8.42 Å². The molecular formula is C19H23NO2S. The molecule has 0 saturated carbocycles. The van der Waals surface area contributed by atoms with Gasteiger partial charge in [0.1, 0.15) is 0 Å². The van der Waals surface area contributed by atoms with Gasteiger partial charge in [0.25, 0.3) is 0 Å². The molecule has 2 aromatic carbocycles. The second kappa shape index (κ2) is 6.10. The molecule has 1 unspecified atom stereocenters. The predicted molar refractivity (Wildman–Crippen MR) is 92.5 cm³/mol. The van der Waals surface area contributed by atoms with E-state index in [1.54, 1.807) is 28.6 Å². The molecule has 0 amide bonds. The van der Waals surface area contributed by atoms with Gasteiger partial charge in [-0.15, -0.1) is 0 Å². The van der Waals surface area contributed by atoms with E-state index in [1.807, 2.05) is 36.4 Å². The lowest BCUT2D eigenvalue weighted by Gasteiger charge is -2.43.